The first kappa shape index (κ1) is 20.0. The van der Waals surface area contributed by atoms with Crippen molar-refractivity contribution in [1.82, 2.24) is 15.1 Å². The van der Waals surface area contributed by atoms with Gasteiger partial charge in [-0.25, -0.2) is 0 Å². The first-order valence-electron chi connectivity index (χ1n) is 10.6. The second kappa shape index (κ2) is 8.61. The second-order valence-electron chi connectivity index (χ2n) is 7.55. The number of hydrogen-bond acceptors (Lipinski definition) is 4. The quantitative estimate of drug-likeness (QED) is 0.522. The zero-order valence-corrected chi connectivity index (χ0v) is 17.4. The lowest BCUT2D eigenvalue weighted by atomic mass is 9.95. The van der Waals surface area contributed by atoms with E-state index in [9.17, 15) is 9.90 Å². The highest BCUT2D eigenvalue weighted by Gasteiger charge is 2.42. The largest absolute Gasteiger partial charge is 0.507 e. The predicted molar refractivity (Wildman–Crippen MR) is 116 cm³/mol. The zero-order valence-electron chi connectivity index (χ0n) is 17.4. The van der Waals surface area contributed by atoms with E-state index < -0.39 is 0 Å². The molecule has 0 bridgehead atoms. The van der Waals surface area contributed by atoms with Gasteiger partial charge in [-0.1, -0.05) is 44.5 Å². The first-order chi connectivity index (χ1) is 14.7. The normalized spacial score (nSPS) is 15.5. The van der Waals surface area contributed by atoms with Crippen LogP contribution in [0.2, 0.25) is 0 Å². The third kappa shape index (κ3) is 3.54. The van der Waals surface area contributed by atoms with Gasteiger partial charge in [0.1, 0.15) is 22.9 Å². The maximum absolute atomic E-state index is 13.1. The lowest BCUT2D eigenvalue weighted by Crippen LogP contribution is -2.30. The van der Waals surface area contributed by atoms with E-state index in [1.165, 1.54) is 0 Å². The fourth-order valence-electron chi connectivity index (χ4n) is 3.97. The number of aromatic amines is 1. The van der Waals surface area contributed by atoms with Gasteiger partial charge in [0.25, 0.3) is 5.91 Å². The third-order valence-corrected chi connectivity index (χ3v) is 5.45. The van der Waals surface area contributed by atoms with Crippen LogP contribution < -0.4 is 4.74 Å². The van der Waals surface area contributed by atoms with E-state index in [0.29, 0.717) is 30.1 Å². The van der Waals surface area contributed by atoms with Crippen molar-refractivity contribution in [3.63, 3.8) is 0 Å². The van der Waals surface area contributed by atoms with Gasteiger partial charge < -0.3 is 14.7 Å². The lowest BCUT2D eigenvalue weighted by Gasteiger charge is -2.26. The van der Waals surface area contributed by atoms with Crippen LogP contribution in [0.15, 0.2) is 48.5 Å². The average molecular weight is 405 g/mol. The average Bonchev–Trinajstić information content (AvgIpc) is 3.29. The molecule has 0 aliphatic carbocycles. The number of nitrogens with one attached hydrogen (secondary N) is 1. The fourth-order valence-corrected chi connectivity index (χ4v) is 3.97. The summed E-state index contributed by atoms with van der Waals surface area (Å²) in [5.41, 5.74) is 3.54. The summed E-state index contributed by atoms with van der Waals surface area (Å²) < 4.78 is 5.79. The number of benzene rings is 2. The SMILES string of the molecule is CCCCOc1ccc([C@@H]2c3c(-c4ccccc4O)n[nH]c3C(=O)N2CCC)cc1. The minimum atomic E-state index is -0.259. The minimum absolute atomic E-state index is 0.0608. The van der Waals surface area contributed by atoms with Crippen LogP contribution in [-0.2, 0) is 0 Å². The Morgan fingerprint density at radius 3 is 2.57 bits per heavy atom. The van der Waals surface area contributed by atoms with Gasteiger partial charge in [-0.15, -0.1) is 0 Å². The Morgan fingerprint density at radius 1 is 1.10 bits per heavy atom. The predicted octanol–water partition coefficient (Wildman–Crippen LogP) is 4.92. The van der Waals surface area contributed by atoms with Gasteiger partial charge in [0.05, 0.1) is 12.6 Å². The number of unbranched alkanes of at least 4 members (excludes halogenated alkanes) is 1. The van der Waals surface area contributed by atoms with E-state index in [-0.39, 0.29) is 17.7 Å². The highest BCUT2D eigenvalue weighted by molar-refractivity contribution is 6.00. The maximum atomic E-state index is 13.1. The van der Waals surface area contributed by atoms with Crippen molar-refractivity contribution in [3.8, 4) is 22.8 Å². The number of ether oxygens (including phenoxy) is 1. The highest BCUT2D eigenvalue weighted by atomic mass is 16.5. The van der Waals surface area contributed by atoms with E-state index in [1.54, 1.807) is 12.1 Å². The van der Waals surface area contributed by atoms with Crippen molar-refractivity contribution in [1.29, 1.82) is 0 Å². The monoisotopic (exact) mass is 405 g/mol. The molecule has 1 aliphatic rings. The number of para-hydroxylation sites is 1. The van der Waals surface area contributed by atoms with Crippen molar-refractivity contribution in [3.05, 3.63) is 65.4 Å². The van der Waals surface area contributed by atoms with Gasteiger partial charge in [0.2, 0.25) is 0 Å². The molecular weight excluding hydrogens is 378 g/mol. The number of fused-ring (bicyclic) bond motifs is 1. The van der Waals surface area contributed by atoms with Crippen molar-refractivity contribution < 1.29 is 14.6 Å². The molecule has 6 nitrogen and oxygen atoms in total. The Labute approximate surface area is 176 Å². The number of phenols is 1. The molecule has 4 rings (SSSR count). The van der Waals surface area contributed by atoms with Gasteiger partial charge in [-0.3, -0.25) is 9.89 Å². The van der Waals surface area contributed by atoms with Gasteiger partial charge in [0.15, 0.2) is 0 Å². The number of amides is 1. The van der Waals surface area contributed by atoms with Crippen molar-refractivity contribution in [2.75, 3.05) is 13.2 Å². The fraction of sp³-hybridized carbons (Fsp3) is 0.333. The van der Waals surface area contributed by atoms with Crippen molar-refractivity contribution in [2.45, 2.75) is 39.2 Å². The smallest absolute Gasteiger partial charge is 0.273 e. The molecule has 3 aromatic rings. The Balaban J connectivity index is 1.75. The van der Waals surface area contributed by atoms with Gasteiger partial charge in [-0.05, 0) is 42.7 Å². The van der Waals surface area contributed by atoms with Crippen LogP contribution in [0.3, 0.4) is 0 Å². The number of aromatic nitrogens is 2. The standard InChI is InChI=1S/C24H27N3O3/c1-3-5-15-30-17-12-10-16(11-13-17)23-20-21(18-8-6-7-9-19(18)28)25-26-22(20)24(29)27(23)14-4-2/h6-13,23,28H,3-5,14-15H2,1-2H3,(H,25,26)/t23-/m1/s1. The van der Waals surface area contributed by atoms with E-state index in [1.807, 2.05) is 41.3 Å². The maximum Gasteiger partial charge on any atom is 0.273 e. The van der Waals surface area contributed by atoms with E-state index in [4.69, 9.17) is 4.74 Å². The highest BCUT2D eigenvalue weighted by Crippen LogP contribution is 2.44. The second-order valence-corrected chi connectivity index (χ2v) is 7.55. The molecule has 1 atom stereocenters. The van der Waals surface area contributed by atoms with E-state index in [0.717, 1.165) is 36.1 Å². The molecule has 6 heteroatoms. The molecule has 30 heavy (non-hydrogen) atoms. The molecule has 2 heterocycles. The Hall–Kier alpha value is -3.28. The first-order valence-corrected chi connectivity index (χ1v) is 10.6. The van der Waals surface area contributed by atoms with Crippen LogP contribution in [0.4, 0.5) is 0 Å². The Morgan fingerprint density at radius 2 is 1.87 bits per heavy atom. The Kier molecular flexibility index (Phi) is 5.74. The molecule has 2 N–H and O–H groups in total. The molecule has 0 fully saturated rings. The van der Waals surface area contributed by atoms with E-state index >= 15 is 0 Å². The molecule has 0 spiro atoms. The van der Waals surface area contributed by atoms with Gasteiger partial charge in [0, 0.05) is 17.7 Å². The van der Waals surface area contributed by atoms with Crippen LogP contribution >= 0.6 is 0 Å². The van der Waals surface area contributed by atoms with Crippen LogP contribution in [0, 0.1) is 0 Å². The third-order valence-electron chi connectivity index (χ3n) is 5.45. The number of nitrogens with zero attached hydrogens (tertiary/aromatic N) is 2. The molecule has 1 aliphatic heterocycles. The number of rotatable bonds is 8. The summed E-state index contributed by atoms with van der Waals surface area (Å²) in [7, 11) is 0. The van der Waals surface area contributed by atoms with Gasteiger partial charge >= 0.3 is 0 Å². The molecule has 0 unspecified atom stereocenters. The molecular formula is C24H27N3O3. The molecule has 0 saturated carbocycles. The van der Waals surface area contributed by atoms with E-state index in [2.05, 4.69) is 24.0 Å². The summed E-state index contributed by atoms with van der Waals surface area (Å²) in [6, 6.07) is 14.8. The lowest BCUT2D eigenvalue weighted by molar-refractivity contribution is 0.0744. The molecule has 1 aromatic heterocycles. The zero-order chi connectivity index (χ0) is 21.1. The molecule has 2 aromatic carbocycles. The number of aromatic hydroxyl groups is 1. The summed E-state index contributed by atoms with van der Waals surface area (Å²) >= 11 is 0. The number of H-pyrrole nitrogens is 1. The van der Waals surface area contributed by atoms with Crippen molar-refractivity contribution >= 4 is 5.91 Å². The van der Waals surface area contributed by atoms with Crippen LogP contribution in [0.25, 0.3) is 11.3 Å². The molecule has 0 radical (unpaired) electrons. The topological polar surface area (TPSA) is 78.5 Å². The number of phenolic OH excluding ortho intramolecular Hbond substituents is 1. The number of carbonyl (C=O) groups is 1. The summed E-state index contributed by atoms with van der Waals surface area (Å²) in [5, 5.41) is 17.7. The summed E-state index contributed by atoms with van der Waals surface area (Å²) in [5.74, 6) is 0.910. The van der Waals surface area contributed by atoms with Crippen LogP contribution in [-0.4, -0.2) is 39.3 Å². The van der Waals surface area contributed by atoms with Crippen LogP contribution in [0.5, 0.6) is 11.5 Å². The molecule has 1 amide bonds. The summed E-state index contributed by atoms with van der Waals surface area (Å²) in [4.78, 5) is 15.0. The molecule has 156 valence electrons. The summed E-state index contributed by atoms with van der Waals surface area (Å²) in [6.45, 7) is 5.53. The van der Waals surface area contributed by atoms with Gasteiger partial charge in [-0.2, -0.15) is 5.10 Å². The minimum Gasteiger partial charge on any atom is -0.507 e. The van der Waals surface area contributed by atoms with Crippen LogP contribution in [0.1, 0.15) is 60.8 Å². The summed E-state index contributed by atoms with van der Waals surface area (Å²) in [6.07, 6.45) is 2.96. The molecule has 0 saturated heterocycles. The number of carbonyl (C=O) groups excluding carboxylic acids is 1. The number of hydrogen-bond donors (Lipinski definition) is 2. The van der Waals surface area contributed by atoms with Crippen molar-refractivity contribution in [2.24, 2.45) is 0 Å². The Bertz CT molecular complexity index is 1030.